The second-order valence-corrected chi connectivity index (χ2v) is 6.02. The van der Waals surface area contributed by atoms with E-state index in [-0.39, 0.29) is 5.82 Å². The number of hydrogen-bond donors (Lipinski definition) is 1. The zero-order chi connectivity index (χ0) is 13.7. The van der Waals surface area contributed by atoms with E-state index in [1.807, 2.05) is 12.1 Å². The molecule has 0 saturated heterocycles. The van der Waals surface area contributed by atoms with Gasteiger partial charge in [0.1, 0.15) is 5.82 Å². The quantitative estimate of drug-likeness (QED) is 0.834. The number of benzene rings is 1. The Morgan fingerprint density at radius 2 is 1.79 bits per heavy atom. The molecule has 1 N–H and O–H groups in total. The molecule has 0 heterocycles. The van der Waals surface area contributed by atoms with Crippen molar-refractivity contribution in [3.05, 3.63) is 35.6 Å². The standard InChI is InChI=1S/C17H26FN/c1-3-14-6-10-17(11-7-14)19-13(2)12-15-4-8-16(18)9-5-15/h4-5,8-9,13-14,17,19H,3,6-7,10-12H2,1-2H3. The number of hydrogen-bond acceptors (Lipinski definition) is 1. The molecule has 1 atom stereocenters. The van der Waals surface area contributed by atoms with Crippen LogP contribution in [0.25, 0.3) is 0 Å². The van der Waals surface area contributed by atoms with E-state index in [1.54, 1.807) is 12.1 Å². The van der Waals surface area contributed by atoms with Crippen molar-refractivity contribution in [2.75, 3.05) is 0 Å². The third-order valence-corrected chi connectivity index (χ3v) is 4.40. The van der Waals surface area contributed by atoms with Crippen LogP contribution in [0.1, 0.15) is 51.5 Å². The van der Waals surface area contributed by atoms with Gasteiger partial charge in [-0.2, -0.15) is 0 Å². The second kappa shape index (κ2) is 7.04. The van der Waals surface area contributed by atoms with E-state index in [0.717, 1.165) is 12.3 Å². The van der Waals surface area contributed by atoms with Gasteiger partial charge in [-0.1, -0.05) is 25.5 Å². The van der Waals surface area contributed by atoms with Crippen LogP contribution in [0.4, 0.5) is 4.39 Å². The summed E-state index contributed by atoms with van der Waals surface area (Å²) in [7, 11) is 0. The molecule has 0 bridgehead atoms. The van der Waals surface area contributed by atoms with Crippen LogP contribution >= 0.6 is 0 Å². The molecule has 1 saturated carbocycles. The zero-order valence-corrected chi connectivity index (χ0v) is 12.2. The Balaban J connectivity index is 1.75. The lowest BCUT2D eigenvalue weighted by Crippen LogP contribution is -2.40. The third-order valence-electron chi connectivity index (χ3n) is 4.40. The summed E-state index contributed by atoms with van der Waals surface area (Å²) in [5, 5.41) is 3.73. The Morgan fingerprint density at radius 1 is 1.16 bits per heavy atom. The summed E-state index contributed by atoms with van der Waals surface area (Å²) in [6.45, 7) is 4.53. The summed E-state index contributed by atoms with van der Waals surface area (Å²) >= 11 is 0. The summed E-state index contributed by atoms with van der Waals surface area (Å²) in [5.74, 6) is 0.799. The topological polar surface area (TPSA) is 12.0 Å². The van der Waals surface area contributed by atoms with Gasteiger partial charge in [0.15, 0.2) is 0 Å². The van der Waals surface area contributed by atoms with Crippen molar-refractivity contribution in [3.8, 4) is 0 Å². The van der Waals surface area contributed by atoms with Crippen molar-refractivity contribution >= 4 is 0 Å². The molecule has 0 aromatic heterocycles. The molecule has 19 heavy (non-hydrogen) atoms. The van der Waals surface area contributed by atoms with Gasteiger partial charge in [-0.3, -0.25) is 0 Å². The maximum atomic E-state index is 12.9. The first-order chi connectivity index (χ1) is 9.17. The molecule has 0 spiro atoms. The SMILES string of the molecule is CCC1CCC(NC(C)Cc2ccc(F)cc2)CC1. The van der Waals surface area contributed by atoms with Gasteiger partial charge in [0, 0.05) is 12.1 Å². The lowest BCUT2D eigenvalue weighted by Gasteiger charge is -2.30. The van der Waals surface area contributed by atoms with Gasteiger partial charge in [-0.05, 0) is 62.6 Å². The van der Waals surface area contributed by atoms with E-state index in [9.17, 15) is 4.39 Å². The van der Waals surface area contributed by atoms with E-state index in [0.29, 0.717) is 12.1 Å². The molecular weight excluding hydrogens is 237 g/mol. The number of rotatable bonds is 5. The van der Waals surface area contributed by atoms with Crippen molar-refractivity contribution in [2.45, 2.75) is 64.5 Å². The fourth-order valence-corrected chi connectivity index (χ4v) is 3.17. The lowest BCUT2D eigenvalue weighted by atomic mass is 9.84. The first-order valence-electron chi connectivity index (χ1n) is 7.68. The van der Waals surface area contributed by atoms with Gasteiger partial charge in [-0.25, -0.2) is 4.39 Å². The molecule has 2 heteroatoms. The maximum Gasteiger partial charge on any atom is 0.123 e. The van der Waals surface area contributed by atoms with E-state index >= 15 is 0 Å². The highest BCUT2D eigenvalue weighted by molar-refractivity contribution is 5.17. The molecule has 0 amide bonds. The molecule has 0 radical (unpaired) electrons. The molecule has 1 aromatic carbocycles. The van der Waals surface area contributed by atoms with E-state index in [2.05, 4.69) is 19.2 Å². The Kier molecular flexibility index (Phi) is 5.38. The zero-order valence-electron chi connectivity index (χ0n) is 12.2. The molecule has 1 aliphatic rings. The molecule has 1 aliphatic carbocycles. The van der Waals surface area contributed by atoms with Crippen LogP contribution in [-0.2, 0) is 6.42 Å². The Labute approximate surface area is 116 Å². The predicted molar refractivity (Wildman–Crippen MR) is 78.7 cm³/mol. The molecule has 1 aromatic rings. The monoisotopic (exact) mass is 263 g/mol. The van der Waals surface area contributed by atoms with Crippen LogP contribution in [-0.4, -0.2) is 12.1 Å². The first kappa shape index (κ1) is 14.5. The fraction of sp³-hybridized carbons (Fsp3) is 0.647. The minimum atomic E-state index is -0.151. The van der Waals surface area contributed by atoms with E-state index in [4.69, 9.17) is 0 Å². The highest BCUT2D eigenvalue weighted by Crippen LogP contribution is 2.26. The van der Waals surface area contributed by atoms with Crippen LogP contribution < -0.4 is 5.32 Å². The van der Waals surface area contributed by atoms with Crippen molar-refractivity contribution in [1.82, 2.24) is 5.32 Å². The smallest absolute Gasteiger partial charge is 0.123 e. The first-order valence-corrected chi connectivity index (χ1v) is 7.68. The van der Waals surface area contributed by atoms with Gasteiger partial charge in [0.2, 0.25) is 0 Å². The maximum absolute atomic E-state index is 12.9. The molecule has 1 unspecified atom stereocenters. The highest BCUT2D eigenvalue weighted by Gasteiger charge is 2.20. The van der Waals surface area contributed by atoms with Crippen LogP contribution in [0, 0.1) is 11.7 Å². The highest BCUT2D eigenvalue weighted by atomic mass is 19.1. The van der Waals surface area contributed by atoms with Crippen molar-refractivity contribution in [3.63, 3.8) is 0 Å². The molecule has 1 nitrogen and oxygen atoms in total. The molecular formula is C17H26FN. The summed E-state index contributed by atoms with van der Waals surface area (Å²) in [4.78, 5) is 0. The summed E-state index contributed by atoms with van der Waals surface area (Å²) in [6, 6.07) is 8.03. The van der Waals surface area contributed by atoms with Gasteiger partial charge in [0.05, 0.1) is 0 Å². The van der Waals surface area contributed by atoms with Crippen LogP contribution in [0.15, 0.2) is 24.3 Å². The third kappa shape index (κ3) is 4.61. The molecule has 106 valence electrons. The van der Waals surface area contributed by atoms with Gasteiger partial charge in [-0.15, -0.1) is 0 Å². The van der Waals surface area contributed by atoms with Gasteiger partial charge < -0.3 is 5.32 Å². The van der Waals surface area contributed by atoms with Gasteiger partial charge >= 0.3 is 0 Å². The average molecular weight is 263 g/mol. The molecule has 2 rings (SSSR count). The Bertz CT molecular complexity index is 365. The number of nitrogens with one attached hydrogen (secondary N) is 1. The average Bonchev–Trinajstić information content (AvgIpc) is 2.42. The van der Waals surface area contributed by atoms with Crippen LogP contribution in [0.2, 0.25) is 0 Å². The lowest BCUT2D eigenvalue weighted by molar-refractivity contribution is 0.272. The minimum Gasteiger partial charge on any atom is -0.311 e. The van der Waals surface area contributed by atoms with Crippen LogP contribution in [0.5, 0.6) is 0 Å². The summed E-state index contributed by atoms with van der Waals surface area (Å²) < 4.78 is 12.9. The van der Waals surface area contributed by atoms with Crippen molar-refractivity contribution in [2.24, 2.45) is 5.92 Å². The second-order valence-electron chi connectivity index (χ2n) is 6.02. The van der Waals surface area contributed by atoms with Crippen molar-refractivity contribution in [1.29, 1.82) is 0 Å². The summed E-state index contributed by atoms with van der Waals surface area (Å²) in [5.41, 5.74) is 1.21. The van der Waals surface area contributed by atoms with Crippen LogP contribution in [0.3, 0.4) is 0 Å². The molecule has 0 aliphatic heterocycles. The number of halogens is 1. The van der Waals surface area contributed by atoms with E-state index in [1.165, 1.54) is 37.7 Å². The predicted octanol–water partition coefficient (Wildman–Crippen LogP) is 4.32. The Morgan fingerprint density at radius 3 is 2.37 bits per heavy atom. The van der Waals surface area contributed by atoms with Gasteiger partial charge in [0.25, 0.3) is 0 Å². The largest absolute Gasteiger partial charge is 0.311 e. The summed E-state index contributed by atoms with van der Waals surface area (Å²) in [6.07, 6.45) is 7.68. The normalized spacial score (nSPS) is 25.2. The van der Waals surface area contributed by atoms with E-state index < -0.39 is 0 Å². The Hall–Kier alpha value is -0.890. The molecule has 1 fully saturated rings. The van der Waals surface area contributed by atoms with Crippen molar-refractivity contribution < 1.29 is 4.39 Å². The fourth-order valence-electron chi connectivity index (χ4n) is 3.17. The minimum absolute atomic E-state index is 0.151.